The van der Waals surface area contributed by atoms with Gasteiger partial charge in [0.1, 0.15) is 18.1 Å². The number of hydrogen-bond acceptors (Lipinski definition) is 3. The zero-order valence-corrected chi connectivity index (χ0v) is 13.7. The summed E-state index contributed by atoms with van der Waals surface area (Å²) < 4.78 is 12.0. The number of rotatable bonds is 4. The van der Waals surface area contributed by atoms with Gasteiger partial charge in [-0.1, -0.05) is 24.3 Å². The SMILES string of the molecule is COc1ccc(C(C)NC2COc3ccccc32)cc1Br. The first-order valence-electron chi connectivity index (χ1n) is 7.00. The van der Waals surface area contributed by atoms with Crippen LogP contribution in [0.3, 0.4) is 0 Å². The van der Waals surface area contributed by atoms with E-state index in [2.05, 4.69) is 52.4 Å². The zero-order valence-electron chi connectivity index (χ0n) is 12.1. The van der Waals surface area contributed by atoms with Gasteiger partial charge in [-0.15, -0.1) is 0 Å². The van der Waals surface area contributed by atoms with Gasteiger partial charge in [0.05, 0.1) is 17.6 Å². The molecule has 0 amide bonds. The molecule has 0 spiro atoms. The van der Waals surface area contributed by atoms with Crippen molar-refractivity contribution in [3.8, 4) is 11.5 Å². The predicted octanol–water partition coefficient (Wildman–Crippen LogP) is 4.24. The van der Waals surface area contributed by atoms with Gasteiger partial charge in [-0.25, -0.2) is 0 Å². The van der Waals surface area contributed by atoms with Crippen LogP contribution in [0.1, 0.15) is 30.1 Å². The standard InChI is InChI=1S/C17H18BrNO2/c1-11(12-7-8-17(20-2)14(18)9-12)19-15-10-21-16-6-4-3-5-13(15)16/h3-9,11,15,19H,10H2,1-2H3. The van der Waals surface area contributed by atoms with Gasteiger partial charge in [0.25, 0.3) is 0 Å². The average Bonchev–Trinajstić information content (AvgIpc) is 2.90. The first-order valence-corrected chi connectivity index (χ1v) is 7.79. The number of halogens is 1. The first-order chi connectivity index (χ1) is 10.2. The Morgan fingerprint density at radius 2 is 2.10 bits per heavy atom. The number of hydrogen-bond donors (Lipinski definition) is 1. The molecule has 110 valence electrons. The summed E-state index contributed by atoms with van der Waals surface area (Å²) in [5, 5.41) is 3.63. The maximum Gasteiger partial charge on any atom is 0.133 e. The van der Waals surface area contributed by atoms with Crippen LogP contribution in [0, 0.1) is 0 Å². The molecule has 4 heteroatoms. The van der Waals surface area contributed by atoms with Crippen LogP contribution in [-0.4, -0.2) is 13.7 Å². The van der Waals surface area contributed by atoms with E-state index in [-0.39, 0.29) is 12.1 Å². The molecule has 1 heterocycles. The Labute approximate surface area is 133 Å². The van der Waals surface area contributed by atoms with Gasteiger partial charge in [0, 0.05) is 11.6 Å². The summed E-state index contributed by atoms with van der Waals surface area (Å²) in [5.41, 5.74) is 2.45. The third-order valence-electron chi connectivity index (χ3n) is 3.83. The summed E-state index contributed by atoms with van der Waals surface area (Å²) in [5.74, 6) is 1.83. The fraction of sp³-hybridized carbons (Fsp3) is 0.294. The molecule has 0 aliphatic carbocycles. The molecule has 0 aromatic heterocycles. The monoisotopic (exact) mass is 347 g/mol. The van der Waals surface area contributed by atoms with Gasteiger partial charge < -0.3 is 14.8 Å². The Morgan fingerprint density at radius 3 is 2.86 bits per heavy atom. The van der Waals surface area contributed by atoms with Crippen LogP contribution in [-0.2, 0) is 0 Å². The third kappa shape index (κ3) is 2.92. The second kappa shape index (κ2) is 6.08. The minimum atomic E-state index is 0.229. The molecule has 3 rings (SSSR count). The fourth-order valence-electron chi connectivity index (χ4n) is 2.65. The van der Waals surface area contributed by atoms with E-state index >= 15 is 0 Å². The molecule has 0 bridgehead atoms. The van der Waals surface area contributed by atoms with E-state index in [1.165, 1.54) is 11.1 Å². The van der Waals surface area contributed by atoms with Gasteiger partial charge >= 0.3 is 0 Å². The number of nitrogens with one attached hydrogen (secondary N) is 1. The van der Waals surface area contributed by atoms with Crippen molar-refractivity contribution in [3.63, 3.8) is 0 Å². The molecule has 21 heavy (non-hydrogen) atoms. The second-order valence-corrected chi connectivity index (χ2v) is 6.04. The molecule has 2 unspecified atom stereocenters. The van der Waals surface area contributed by atoms with Crippen LogP contribution in [0.2, 0.25) is 0 Å². The third-order valence-corrected chi connectivity index (χ3v) is 4.45. The Morgan fingerprint density at radius 1 is 1.29 bits per heavy atom. The fourth-order valence-corrected chi connectivity index (χ4v) is 3.21. The van der Waals surface area contributed by atoms with E-state index in [9.17, 15) is 0 Å². The van der Waals surface area contributed by atoms with Gasteiger partial charge in [-0.2, -0.15) is 0 Å². The molecular weight excluding hydrogens is 330 g/mol. The molecule has 0 radical (unpaired) electrons. The molecular formula is C17H18BrNO2. The maximum atomic E-state index is 5.72. The maximum absolute atomic E-state index is 5.72. The average molecular weight is 348 g/mol. The Hall–Kier alpha value is -1.52. The number of para-hydroxylation sites is 1. The topological polar surface area (TPSA) is 30.5 Å². The minimum absolute atomic E-state index is 0.229. The molecule has 2 aromatic carbocycles. The van der Waals surface area contributed by atoms with Gasteiger partial charge in [0.2, 0.25) is 0 Å². The van der Waals surface area contributed by atoms with Crippen LogP contribution in [0.5, 0.6) is 11.5 Å². The van der Waals surface area contributed by atoms with Gasteiger partial charge in [-0.3, -0.25) is 0 Å². The highest BCUT2D eigenvalue weighted by atomic mass is 79.9. The summed E-state index contributed by atoms with van der Waals surface area (Å²) in [6.07, 6.45) is 0. The van der Waals surface area contributed by atoms with Crippen molar-refractivity contribution in [2.45, 2.75) is 19.0 Å². The number of ether oxygens (including phenoxy) is 2. The summed E-state index contributed by atoms with van der Waals surface area (Å²) in [6, 6.07) is 14.8. The summed E-state index contributed by atoms with van der Waals surface area (Å²) in [4.78, 5) is 0. The molecule has 0 saturated heterocycles. The van der Waals surface area contributed by atoms with Crippen molar-refractivity contribution < 1.29 is 9.47 Å². The number of methoxy groups -OCH3 is 1. The van der Waals surface area contributed by atoms with Crippen molar-refractivity contribution >= 4 is 15.9 Å². The Bertz CT molecular complexity index is 644. The van der Waals surface area contributed by atoms with Crippen molar-refractivity contribution in [3.05, 3.63) is 58.1 Å². The number of fused-ring (bicyclic) bond motifs is 1. The first kappa shape index (κ1) is 14.4. The van der Waals surface area contributed by atoms with Crippen LogP contribution in [0.4, 0.5) is 0 Å². The normalized spacial score (nSPS) is 18.0. The largest absolute Gasteiger partial charge is 0.496 e. The van der Waals surface area contributed by atoms with E-state index in [0.717, 1.165) is 16.0 Å². The van der Waals surface area contributed by atoms with Crippen LogP contribution < -0.4 is 14.8 Å². The van der Waals surface area contributed by atoms with Crippen molar-refractivity contribution in [2.75, 3.05) is 13.7 Å². The van der Waals surface area contributed by atoms with E-state index in [4.69, 9.17) is 9.47 Å². The second-order valence-electron chi connectivity index (χ2n) is 5.18. The molecule has 1 N–H and O–H groups in total. The van der Waals surface area contributed by atoms with Crippen LogP contribution in [0.15, 0.2) is 46.9 Å². The highest BCUT2D eigenvalue weighted by Crippen LogP contribution is 2.34. The van der Waals surface area contributed by atoms with Crippen LogP contribution in [0.25, 0.3) is 0 Å². The van der Waals surface area contributed by atoms with Crippen molar-refractivity contribution in [1.29, 1.82) is 0 Å². The van der Waals surface area contributed by atoms with Crippen molar-refractivity contribution in [1.82, 2.24) is 5.32 Å². The molecule has 2 aromatic rings. The van der Waals surface area contributed by atoms with Crippen LogP contribution >= 0.6 is 15.9 Å². The molecule has 3 nitrogen and oxygen atoms in total. The molecule has 0 fully saturated rings. The van der Waals surface area contributed by atoms with Gasteiger partial charge in [0.15, 0.2) is 0 Å². The Balaban J connectivity index is 1.75. The lowest BCUT2D eigenvalue weighted by Crippen LogP contribution is -2.25. The Kier molecular flexibility index (Phi) is 4.17. The predicted molar refractivity (Wildman–Crippen MR) is 86.9 cm³/mol. The van der Waals surface area contributed by atoms with E-state index in [0.29, 0.717) is 6.61 Å². The van der Waals surface area contributed by atoms with E-state index in [1.54, 1.807) is 7.11 Å². The quantitative estimate of drug-likeness (QED) is 0.896. The van der Waals surface area contributed by atoms with E-state index < -0.39 is 0 Å². The van der Waals surface area contributed by atoms with Crippen molar-refractivity contribution in [2.24, 2.45) is 0 Å². The van der Waals surface area contributed by atoms with E-state index in [1.807, 2.05) is 18.2 Å². The number of benzene rings is 2. The molecule has 1 aliphatic rings. The molecule has 0 saturated carbocycles. The lowest BCUT2D eigenvalue weighted by Gasteiger charge is -2.20. The summed E-state index contributed by atoms with van der Waals surface area (Å²) >= 11 is 3.54. The van der Waals surface area contributed by atoms with Gasteiger partial charge in [-0.05, 0) is 46.6 Å². The summed E-state index contributed by atoms with van der Waals surface area (Å²) in [7, 11) is 1.67. The molecule has 2 atom stereocenters. The molecule has 1 aliphatic heterocycles. The highest BCUT2D eigenvalue weighted by Gasteiger charge is 2.25. The zero-order chi connectivity index (χ0) is 14.8. The minimum Gasteiger partial charge on any atom is -0.496 e. The smallest absolute Gasteiger partial charge is 0.133 e. The lowest BCUT2D eigenvalue weighted by atomic mass is 10.0. The summed E-state index contributed by atoms with van der Waals surface area (Å²) in [6.45, 7) is 2.84. The highest BCUT2D eigenvalue weighted by molar-refractivity contribution is 9.10. The lowest BCUT2D eigenvalue weighted by molar-refractivity contribution is 0.301.